The molecule has 0 saturated heterocycles. The second-order valence-electron chi connectivity index (χ2n) is 13.9. The minimum Gasteiger partial charge on any atom is -0.310 e. The molecule has 0 spiro atoms. The lowest BCUT2D eigenvalue weighted by Gasteiger charge is -2.30. The van der Waals surface area contributed by atoms with E-state index in [1.54, 1.807) is 0 Å². The number of nitrogens with zero attached hydrogens (tertiary/aromatic N) is 1. The predicted octanol–water partition coefficient (Wildman–Crippen LogP) is 13.5. The van der Waals surface area contributed by atoms with Gasteiger partial charge in [-0.15, -0.1) is 0 Å². The number of hydrogen-bond donors (Lipinski definition) is 0. The average Bonchev–Trinajstić information content (AvgIpc) is 3.54. The van der Waals surface area contributed by atoms with Gasteiger partial charge < -0.3 is 4.90 Å². The van der Waals surface area contributed by atoms with Crippen LogP contribution in [-0.2, 0) is 5.41 Å². The SMILES string of the molecule is C(#CC1(c2ccccc2)c2ccccc2-c2ccc(N(c3ccccc3)c3ccc(-c4ccc5ccc6ccccc6c5c4)cc3)cc21)c1ccccc1. The van der Waals surface area contributed by atoms with Crippen molar-refractivity contribution in [3.05, 3.63) is 235 Å². The molecule has 0 heterocycles. The monoisotopic (exact) mass is 685 g/mol. The fourth-order valence-electron chi connectivity index (χ4n) is 8.31. The van der Waals surface area contributed by atoms with Crippen LogP contribution in [0.5, 0.6) is 0 Å². The van der Waals surface area contributed by atoms with Crippen LogP contribution in [0.4, 0.5) is 17.1 Å². The summed E-state index contributed by atoms with van der Waals surface area (Å²) in [6.07, 6.45) is 0. The second kappa shape index (κ2) is 13.1. The minimum atomic E-state index is -0.661. The lowest BCUT2D eigenvalue weighted by molar-refractivity contribution is 0.837. The summed E-state index contributed by atoms with van der Waals surface area (Å²) in [7, 11) is 0. The normalized spacial score (nSPS) is 14.2. The number of anilines is 3. The molecule has 1 atom stereocenters. The lowest BCUT2D eigenvalue weighted by Crippen LogP contribution is -2.25. The fourth-order valence-corrected chi connectivity index (χ4v) is 8.31. The molecule has 9 aromatic rings. The van der Waals surface area contributed by atoms with Gasteiger partial charge in [0.2, 0.25) is 0 Å². The Hall–Kier alpha value is -7.14. The molecule has 1 unspecified atom stereocenters. The van der Waals surface area contributed by atoms with Gasteiger partial charge in [0.15, 0.2) is 0 Å². The molecule has 10 rings (SSSR count). The molecule has 252 valence electrons. The predicted molar refractivity (Wildman–Crippen MR) is 227 cm³/mol. The first kappa shape index (κ1) is 31.6. The Morgan fingerprint density at radius 1 is 0.370 bits per heavy atom. The van der Waals surface area contributed by atoms with E-state index in [-0.39, 0.29) is 0 Å². The summed E-state index contributed by atoms with van der Waals surface area (Å²) < 4.78 is 0. The second-order valence-corrected chi connectivity index (χ2v) is 13.9. The van der Waals surface area contributed by atoms with Crippen LogP contribution in [-0.4, -0.2) is 0 Å². The highest BCUT2D eigenvalue weighted by molar-refractivity contribution is 6.08. The van der Waals surface area contributed by atoms with Crippen molar-refractivity contribution >= 4 is 38.6 Å². The molecule has 0 saturated carbocycles. The van der Waals surface area contributed by atoms with Crippen molar-refractivity contribution in [2.75, 3.05) is 4.90 Å². The molecule has 0 aromatic heterocycles. The van der Waals surface area contributed by atoms with Crippen LogP contribution < -0.4 is 4.90 Å². The first-order valence-corrected chi connectivity index (χ1v) is 18.5. The number of para-hydroxylation sites is 1. The Morgan fingerprint density at radius 2 is 0.944 bits per heavy atom. The molecule has 9 aromatic carbocycles. The van der Waals surface area contributed by atoms with Crippen molar-refractivity contribution in [1.82, 2.24) is 0 Å². The maximum atomic E-state index is 3.87. The van der Waals surface area contributed by atoms with Gasteiger partial charge in [-0.05, 0) is 115 Å². The summed E-state index contributed by atoms with van der Waals surface area (Å²) >= 11 is 0. The van der Waals surface area contributed by atoms with Gasteiger partial charge >= 0.3 is 0 Å². The summed E-state index contributed by atoms with van der Waals surface area (Å²) in [5.41, 5.74) is 12.0. The highest BCUT2D eigenvalue weighted by atomic mass is 15.1. The van der Waals surface area contributed by atoms with Gasteiger partial charge in [-0.25, -0.2) is 0 Å². The van der Waals surface area contributed by atoms with Crippen molar-refractivity contribution in [2.45, 2.75) is 5.41 Å². The maximum Gasteiger partial charge on any atom is 0.108 e. The summed E-state index contributed by atoms with van der Waals surface area (Å²) in [6, 6.07) is 76.3. The molecular weight excluding hydrogens is 651 g/mol. The molecular formula is C53H35N. The van der Waals surface area contributed by atoms with Crippen molar-refractivity contribution in [1.29, 1.82) is 0 Å². The Morgan fingerprint density at radius 3 is 1.74 bits per heavy atom. The minimum absolute atomic E-state index is 0.661. The van der Waals surface area contributed by atoms with Gasteiger partial charge in [0.05, 0.1) is 0 Å². The zero-order chi connectivity index (χ0) is 35.9. The smallest absolute Gasteiger partial charge is 0.108 e. The molecule has 0 N–H and O–H groups in total. The van der Waals surface area contributed by atoms with Gasteiger partial charge in [-0.1, -0.05) is 170 Å². The molecule has 0 amide bonds. The molecule has 0 aliphatic heterocycles. The third kappa shape index (κ3) is 5.28. The number of fused-ring (bicyclic) bond motifs is 6. The number of hydrogen-bond acceptors (Lipinski definition) is 1. The molecule has 1 aliphatic rings. The van der Waals surface area contributed by atoms with E-state index < -0.39 is 5.41 Å². The topological polar surface area (TPSA) is 3.24 Å². The summed E-state index contributed by atoms with van der Waals surface area (Å²) in [5, 5.41) is 5.07. The van der Waals surface area contributed by atoms with Gasteiger partial charge in [-0.3, -0.25) is 0 Å². The first-order chi connectivity index (χ1) is 26.8. The van der Waals surface area contributed by atoms with Crippen LogP contribution >= 0.6 is 0 Å². The quantitative estimate of drug-likeness (QED) is 0.129. The van der Waals surface area contributed by atoms with E-state index in [0.29, 0.717) is 0 Å². The standard InChI is InChI=1S/C53H35N/c1-4-14-38(15-5-1)34-35-53(43-17-6-2-7-18-43)51-23-13-12-22-48(51)49-33-32-46(37-52(49)53)54(44-19-8-3-9-20-44)45-30-28-39(29-31-45)42-27-26-41-25-24-40-16-10-11-21-47(40)50(41)36-42/h1-33,36-37H. The van der Waals surface area contributed by atoms with Crippen molar-refractivity contribution in [2.24, 2.45) is 0 Å². The van der Waals surface area contributed by atoms with Gasteiger partial charge in [0.25, 0.3) is 0 Å². The molecule has 1 aliphatic carbocycles. The third-order valence-electron chi connectivity index (χ3n) is 10.9. The first-order valence-electron chi connectivity index (χ1n) is 18.5. The highest BCUT2D eigenvalue weighted by Gasteiger charge is 2.44. The van der Waals surface area contributed by atoms with Crippen molar-refractivity contribution in [3.8, 4) is 34.1 Å². The summed E-state index contributed by atoms with van der Waals surface area (Å²) in [6.45, 7) is 0. The average molecular weight is 686 g/mol. The van der Waals surface area contributed by atoms with Crippen LogP contribution in [0, 0.1) is 11.8 Å². The van der Waals surface area contributed by atoms with E-state index in [4.69, 9.17) is 0 Å². The summed E-state index contributed by atoms with van der Waals surface area (Å²) in [5.74, 6) is 7.47. The molecule has 54 heavy (non-hydrogen) atoms. The zero-order valence-electron chi connectivity index (χ0n) is 29.7. The van der Waals surface area contributed by atoms with Crippen molar-refractivity contribution < 1.29 is 0 Å². The number of benzene rings is 9. The molecule has 0 fully saturated rings. The Balaban J connectivity index is 1.13. The van der Waals surface area contributed by atoms with Crippen LogP contribution in [0.1, 0.15) is 22.3 Å². The van der Waals surface area contributed by atoms with Gasteiger partial charge in [-0.2, -0.15) is 0 Å². The van der Waals surface area contributed by atoms with E-state index in [1.165, 1.54) is 54.9 Å². The van der Waals surface area contributed by atoms with Crippen LogP contribution in [0.3, 0.4) is 0 Å². The van der Waals surface area contributed by atoms with Crippen molar-refractivity contribution in [3.63, 3.8) is 0 Å². The van der Waals surface area contributed by atoms with Gasteiger partial charge in [0.1, 0.15) is 5.41 Å². The van der Waals surface area contributed by atoms with Gasteiger partial charge in [0, 0.05) is 22.6 Å². The fraction of sp³-hybridized carbons (Fsp3) is 0.0189. The van der Waals surface area contributed by atoms with E-state index in [2.05, 4.69) is 223 Å². The van der Waals surface area contributed by atoms with Crippen LogP contribution in [0.15, 0.2) is 212 Å². The Kier molecular flexibility index (Phi) is 7.68. The lowest BCUT2D eigenvalue weighted by atomic mass is 9.72. The highest BCUT2D eigenvalue weighted by Crippen LogP contribution is 2.54. The van der Waals surface area contributed by atoms with E-state index in [0.717, 1.165) is 28.2 Å². The third-order valence-corrected chi connectivity index (χ3v) is 10.9. The molecule has 0 radical (unpaired) electrons. The van der Waals surface area contributed by atoms with Crippen LogP contribution in [0.25, 0.3) is 43.8 Å². The molecule has 1 nitrogen and oxygen atoms in total. The number of rotatable bonds is 5. The largest absolute Gasteiger partial charge is 0.310 e. The molecule has 0 bridgehead atoms. The zero-order valence-corrected chi connectivity index (χ0v) is 29.7. The van der Waals surface area contributed by atoms with E-state index >= 15 is 0 Å². The Bertz CT molecular complexity index is 2860. The maximum absolute atomic E-state index is 3.87. The molecule has 1 heteroatoms. The van der Waals surface area contributed by atoms with E-state index in [1.807, 2.05) is 6.07 Å². The van der Waals surface area contributed by atoms with E-state index in [9.17, 15) is 0 Å². The summed E-state index contributed by atoms with van der Waals surface area (Å²) in [4.78, 5) is 2.36. The Labute approximate surface area is 316 Å². The van der Waals surface area contributed by atoms with Crippen LogP contribution in [0.2, 0.25) is 0 Å².